The van der Waals surface area contributed by atoms with Gasteiger partial charge in [0.15, 0.2) is 0 Å². The number of hydrogen-bond donors (Lipinski definition) is 2. The second-order valence-electron chi connectivity index (χ2n) is 26.4. The predicted molar refractivity (Wildman–Crippen MR) is 381 cm³/mol. The van der Waals surface area contributed by atoms with Crippen molar-refractivity contribution in [3.8, 4) is 0 Å². The first-order chi connectivity index (χ1) is 45.5. The molecule has 0 spiro atoms. The maximum absolute atomic E-state index is 10.8. The fourth-order valence-electron chi connectivity index (χ4n) is 14.9. The molecule has 4 aliphatic heterocycles. The Morgan fingerprint density at radius 2 is 0.828 bits per heavy atom. The molecule has 6 aromatic carbocycles. The van der Waals surface area contributed by atoms with Crippen LogP contribution in [-0.2, 0) is 90.9 Å². The van der Waals surface area contributed by atoms with Crippen molar-refractivity contribution in [2.24, 2.45) is 0 Å². The summed E-state index contributed by atoms with van der Waals surface area (Å²) in [5.74, 6) is 0. The van der Waals surface area contributed by atoms with Crippen LogP contribution < -0.4 is 0 Å². The Bertz CT molecular complexity index is 4330. The molecule has 0 fully saturated rings. The molecular formula is C81H92N10O2. The summed E-state index contributed by atoms with van der Waals surface area (Å²) >= 11 is 0. The van der Waals surface area contributed by atoms with Crippen LogP contribution in [0.25, 0.3) is 43.7 Å². The van der Waals surface area contributed by atoms with Gasteiger partial charge < -0.3 is 43.2 Å². The number of rotatable bonds is 13. The third-order valence-electron chi connectivity index (χ3n) is 20.1. The topological polar surface area (TPSA) is 98.9 Å². The molecule has 12 nitrogen and oxygen atoms in total. The smallest absolute Gasteiger partial charge is 0.0969 e. The molecule has 0 amide bonds. The van der Waals surface area contributed by atoms with Gasteiger partial charge >= 0.3 is 0 Å². The summed E-state index contributed by atoms with van der Waals surface area (Å²) in [4.78, 5) is 18.7. The van der Waals surface area contributed by atoms with Crippen molar-refractivity contribution >= 4 is 43.7 Å². The first-order valence-corrected chi connectivity index (χ1v) is 33.9. The molecular weight excluding hydrogens is 1140 g/mol. The highest BCUT2D eigenvalue weighted by Crippen LogP contribution is 2.36. The molecule has 16 rings (SSSR count). The number of benzene rings is 6. The number of pyridine rings is 2. The Morgan fingerprint density at radius 1 is 0.409 bits per heavy atom. The van der Waals surface area contributed by atoms with Crippen LogP contribution in [0.3, 0.4) is 0 Å². The SMILES string of the molecule is CCN1CCc2c(c3ccccc3n2CC(O)c2ccc(C)cc2)C1.CN1CCc2c(c3cnccc3n2CCc2ccccc2)C1.CN1CCc2c(c3ncccc3n2CCc2ccccc2)C1.Cc1ccc(C(O)Cn2c3c(c4ccccc42)CN(C)CC3)cc1. The van der Waals surface area contributed by atoms with Crippen LogP contribution >= 0.6 is 0 Å². The normalized spacial score (nSPS) is 15.7. The van der Waals surface area contributed by atoms with Crippen LogP contribution in [0.15, 0.2) is 195 Å². The standard InChI is InChI=1S/C22H26N2O.C21H24N2O.2C19H21N3/c1-3-23-13-12-21-19(14-23)18-6-4-5-7-20(18)24(21)15-22(25)17-10-8-16(2)9-11-17;1-15-7-9-16(10-8-15)21(24)14-23-19-6-4-3-5-17(19)18-13-22(2)12-11-20(18)23;1-21-12-10-17-16(14-21)19-18(8-5-11-20-19)22(17)13-9-15-6-3-2-4-7-15;1-21-11-9-19-17(14-21)16-13-20-10-7-18(16)22(19)12-8-15-5-3-2-4-6-15/h4-11,22,25H,3,12-15H2,1-2H3;3-10,21,24H,11-14H2,1-2H3;2-8,11H,9-10,12-14H2,1H3;2-7,10,13H,8-9,11-12,14H2,1H3. The number of nitrogens with zero attached hydrogens (tertiary/aromatic N) is 10. The lowest BCUT2D eigenvalue weighted by Gasteiger charge is -2.27. The number of likely N-dealkylation sites (N-methyl/N-ethyl adjacent to an activating group) is 4. The van der Waals surface area contributed by atoms with E-state index in [-0.39, 0.29) is 0 Å². The molecule has 2 atom stereocenters. The Morgan fingerprint density at radius 3 is 1.35 bits per heavy atom. The fraction of sp³-hybridized carbons (Fsp3) is 0.333. The summed E-state index contributed by atoms with van der Waals surface area (Å²) in [5, 5.41) is 25.6. The molecule has 2 unspecified atom stereocenters. The lowest BCUT2D eigenvalue weighted by Crippen LogP contribution is -2.31. The summed E-state index contributed by atoms with van der Waals surface area (Å²) in [6.45, 7) is 19.3. The van der Waals surface area contributed by atoms with E-state index in [1.165, 1.54) is 111 Å². The van der Waals surface area contributed by atoms with Gasteiger partial charge in [-0.3, -0.25) is 14.9 Å². The minimum atomic E-state index is -0.482. The van der Waals surface area contributed by atoms with Crippen molar-refractivity contribution < 1.29 is 10.2 Å². The van der Waals surface area contributed by atoms with Crippen molar-refractivity contribution in [3.63, 3.8) is 0 Å². The van der Waals surface area contributed by atoms with Crippen molar-refractivity contribution in [2.75, 3.05) is 53.9 Å². The zero-order valence-corrected chi connectivity index (χ0v) is 55.4. The minimum absolute atomic E-state index is 0.481. The van der Waals surface area contributed by atoms with Gasteiger partial charge in [0.25, 0.3) is 0 Å². The number of aryl methyl sites for hydroxylation is 6. The van der Waals surface area contributed by atoms with Gasteiger partial charge in [-0.25, -0.2) is 0 Å². The zero-order valence-electron chi connectivity index (χ0n) is 55.4. The van der Waals surface area contributed by atoms with Gasteiger partial charge in [0.2, 0.25) is 0 Å². The molecule has 478 valence electrons. The largest absolute Gasteiger partial charge is 0.387 e. The van der Waals surface area contributed by atoms with E-state index in [1.807, 2.05) is 42.9 Å². The summed E-state index contributed by atoms with van der Waals surface area (Å²) in [6.07, 6.45) is 11.4. The average Bonchev–Trinajstić information content (AvgIpc) is 1.66. The van der Waals surface area contributed by atoms with E-state index in [1.54, 1.807) is 0 Å². The second kappa shape index (κ2) is 28.8. The molecule has 12 heteroatoms. The quantitative estimate of drug-likeness (QED) is 0.118. The first kappa shape index (κ1) is 63.3. The molecule has 0 bridgehead atoms. The van der Waals surface area contributed by atoms with E-state index in [2.05, 4.69) is 241 Å². The Kier molecular flexibility index (Phi) is 19.6. The van der Waals surface area contributed by atoms with Crippen LogP contribution in [0, 0.1) is 13.8 Å². The molecule has 4 aliphatic rings. The third-order valence-corrected chi connectivity index (χ3v) is 20.1. The monoisotopic (exact) mass is 1240 g/mol. The molecule has 6 aromatic heterocycles. The summed E-state index contributed by atoms with van der Waals surface area (Å²) in [6, 6.07) is 61.6. The van der Waals surface area contributed by atoms with Crippen LogP contribution in [-0.4, -0.2) is 112 Å². The Hall–Kier alpha value is -8.46. The van der Waals surface area contributed by atoms with Gasteiger partial charge in [-0.2, -0.15) is 0 Å². The molecule has 12 aromatic rings. The molecule has 93 heavy (non-hydrogen) atoms. The maximum atomic E-state index is 10.8. The van der Waals surface area contributed by atoms with E-state index in [4.69, 9.17) is 0 Å². The minimum Gasteiger partial charge on any atom is -0.387 e. The van der Waals surface area contributed by atoms with Gasteiger partial charge in [0, 0.05) is 165 Å². The number of aliphatic hydroxyl groups is 2. The highest BCUT2D eigenvalue weighted by Gasteiger charge is 2.28. The highest BCUT2D eigenvalue weighted by atomic mass is 16.3. The van der Waals surface area contributed by atoms with Gasteiger partial charge in [-0.1, -0.05) is 164 Å². The number of aromatic nitrogens is 6. The Labute approximate surface area is 549 Å². The van der Waals surface area contributed by atoms with Crippen molar-refractivity contribution in [2.45, 2.75) is 124 Å². The molecule has 0 saturated heterocycles. The van der Waals surface area contributed by atoms with Crippen molar-refractivity contribution in [3.05, 3.63) is 273 Å². The zero-order chi connectivity index (χ0) is 64.0. The van der Waals surface area contributed by atoms with Gasteiger partial charge in [-0.05, 0) is 124 Å². The summed E-state index contributed by atoms with van der Waals surface area (Å²) in [5.41, 5.74) is 25.1. The maximum Gasteiger partial charge on any atom is 0.0969 e. The van der Waals surface area contributed by atoms with E-state index in [0.29, 0.717) is 13.1 Å². The van der Waals surface area contributed by atoms with E-state index < -0.39 is 12.2 Å². The molecule has 0 radical (unpaired) electrons. The van der Waals surface area contributed by atoms with Crippen LogP contribution in [0.4, 0.5) is 0 Å². The van der Waals surface area contributed by atoms with Crippen molar-refractivity contribution in [1.82, 2.24) is 47.8 Å². The van der Waals surface area contributed by atoms with Gasteiger partial charge in [0.1, 0.15) is 0 Å². The fourth-order valence-corrected chi connectivity index (χ4v) is 14.9. The predicted octanol–water partition coefficient (Wildman–Crippen LogP) is 14.3. The van der Waals surface area contributed by atoms with Crippen LogP contribution in [0.5, 0.6) is 0 Å². The van der Waals surface area contributed by atoms with E-state index in [0.717, 1.165) is 122 Å². The van der Waals surface area contributed by atoms with Gasteiger partial charge in [-0.15, -0.1) is 0 Å². The number of hydrogen-bond acceptors (Lipinski definition) is 8. The number of aliphatic hydroxyl groups excluding tert-OH is 2. The molecule has 10 heterocycles. The summed E-state index contributed by atoms with van der Waals surface area (Å²) in [7, 11) is 6.57. The molecule has 0 aliphatic carbocycles. The lowest BCUT2D eigenvalue weighted by molar-refractivity contribution is 0.155. The highest BCUT2D eigenvalue weighted by molar-refractivity contribution is 5.87. The lowest BCUT2D eigenvalue weighted by atomic mass is 10.0. The van der Waals surface area contributed by atoms with Gasteiger partial charge in [0.05, 0.1) is 41.8 Å². The van der Waals surface area contributed by atoms with E-state index in [9.17, 15) is 10.2 Å². The molecule has 2 N–H and O–H groups in total. The number of fused-ring (bicyclic) bond motifs is 12. The third kappa shape index (κ3) is 14.0. The van der Waals surface area contributed by atoms with E-state index >= 15 is 0 Å². The average molecular weight is 1240 g/mol. The van der Waals surface area contributed by atoms with Crippen molar-refractivity contribution in [1.29, 1.82) is 0 Å². The number of para-hydroxylation sites is 2. The first-order valence-electron chi connectivity index (χ1n) is 33.9. The summed E-state index contributed by atoms with van der Waals surface area (Å²) < 4.78 is 9.70. The molecule has 0 saturated carbocycles. The second-order valence-corrected chi connectivity index (χ2v) is 26.4. The van der Waals surface area contributed by atoms with Crippen LogP contribution in [0.2, 0.25) is 0 Å². The van der Waals surface area contributed by atoms with Crippen LogP contribution in [0.1, 0.15) is 97.5 Å². The Balaban J connectivity index is 0.000000113.